The summed E-state index contributed by atoms with van der Waals surface area (Å²) in [6, 6.07) is 1.17. The Balaban J connectivity index is 1.93. The van der Waals surface area contributed by atoms with Crippen LogP contribution in [0.25, 0.3) is 0 Å². The summed E-state index contributed by atoms with van der Waals surface area (Å²) in [5, 5.41) is 6.96. The monoisotopic (exact) mass is 261 g/mol. The van der Waals surface area contributed by atoms with Crippen molar-refractivity contribution in [3.05, 3.63) is 18.0 Å². The molecule has 0 aliphatic heterocycles. The fourth-order valence-corrected chi connectivity index (χ4v) is 2.28. The Morgan fingerprint density at radius 3 is 2.72 bits per heavy atom. The molecule has 0 spiro atoms. The van der Waals surface area contributed by atoms with Gasteiger partial charge >= 0.3 is 6.18 Å². The highest BCUT2D eigenvalue weighted by molar-refractivity contribution is 5.05. The van der Waals surface area contributed by atoms with Gasteiger partial charge in [-0.15, -0.1) is 0 Å². The van der Waals surface area contributed by atoms with Gasteiger partial charge in [0.1, 0.15) is 0 Å². The average Bonchev–Trinajstić information content (AvgIpc) is 2.71. The predicted octanol–water partition coefficient (Wildman–Crippen LogP) is 2.85. The van der Waals surface area contributed by atoms with Gasteiger partial charge in [-0.25, -0.2) is 0 Å². The maximum absolute atomic E-state index is 12.4. The van der Waals surface area contributed by atoms with Crippen LogP contribution in [0, 0.1) is 5.92 Å². The molecule has 0 aromatic carbocycles. The van der Waals surface area contributed by atoms with E-state index in [1.165, 1.54) is 10.9 Å². The number of nitrogens with one attached hydrogen (secondary N) is 1. The maximum Gasteiger partial charge on any atom is 0.435 e. The Bertz CT molecular complexity index is 386. The highest BCUT2D eigenvalue weighted by Gasteiger charge is 2.37. The van der Waals surface area contributed by atoms with Crippen molar-refractivity contribution in [2.75, 3.05) is 13.1 Å². The van der Waals surface area contributed by atoms with E-state index in [2.05, 4.69) is 17.3 Å². The Hall–Kier alpha value is -1.04. The average molecular weight is 261 g/mol. The number of alkyl halides is 3. The fourth-order valence-electron chi connectivity index (χ4n) is 2.28. The molecule has 0 saturated heterocycles. The van der Waals surface area contributed by atoms with Gasteiger partial charge in [0.15, 0.2) is 5.69 Å². The molecule has 1 aromatic rings. The molecule has 3 nitrogen and oxygen atoms in total. The van der Waals surface area contributed by atoms with Crippen molar-refractivity contribution >= 4 is 0 Å². The maximum atomic E-state index is 12.4. The van der Waals surface area contributed by atoms with Gasteiger partial charge in [-0.3, -0.25) is 4.68 Å². The van der Waals surface area contributed by atoms with E-state index in [0.717, 1.165) is 38.4 Å². The zero-order valence-electron chi connectivity index (χ0n) is 10.4. The number of rotatable bonds is 5. The van der Waals surface area contributed by atoms with E-state index < -0.39 is 11.9 Å². The number of aromatic nitrogens is 2. The van der Waals surface area contributed by atoms with Crippen molar-refractivity contribution in [1.29, 1.82) is 0 Å². The lowest BCUT2D eigenvalue weighted by Gasteiger charge is -2.37. The Morgan fingerprint density at radius 1 is 1.44 bits per heavy atom. The van der Waals surface area contributed by atoms with Gasteiger partial charge in [-0.05, 0) is 44.3 Å². The first-order chi connectivity index (χ1) is 8.52. The summed E-state index contributed by atoms with van der Waals surface area (Å²) in [6.07, 6.45) is 0.141. The predicted molar refractivity (Wildman–Crippen MR) is 62.2 cm³/mol. The minimum Gasteiger partial charge on any atom is -0.316 e. The lowest BCUT2D eigenvalue weighted by Crippen LogP contribution is -2.37. The summed E-state index contributed by atoms with van der Waals surface area (Å²) >= 11 is 0. The Morgan fingerprint density at radius 2 is 2.22 bits per heavy atom. The number of hydrogen-bond donors (Lipinski definition) is 1. The van der Waals surface area contributed by atoms with Crippen LogP contribution in [0.15, 0.2) is 12.3 Å². The van der Waals surface area contributed by atoms with Crippen LogP contribution in [0.3, 0.4) is 0 Å². The van der Waals surface area contributed by atoms with Crippen molar-refractivity contribution in [1.82, 2.24) is 15.1 Å². The SMILES string of the molecule is CCCNCC1CCC1n1ccc(C(F)(F)F)n1. The van der Waals surface area contributed by atoms with Crippen molar-refractivity contribution in [3.8, 4) is 0 Å². The van der Waals surface area contributed by atoms with Crippen LogP contribution < -0.4 is 5.32 Å². The quantitative estimate of drug-likeness (QED) is 0.826. The van der Waals surface area contributed by atoms with Gasteiger partial charge in [0.2, 0.25) is 0 Å². The third-order valence-corrected chi connectivity index (χ3v) is 3.45. The van der Waals surface area contributed by atoms with Crippen LogP contribution >= 0.6 is 0 Å². The molecule has 102 valence electrons. The first-order valence-electron chi connectivity index (χ1n) is 6.35. The van der Waals surface area contributed by atoms with Crippen LogP contribution in [0.2, 0.25) is 0 Å². The molecule has 2 atom stereocenters. The second-order valence-electron chi connectivity index (χ2n) is 4.79. The third kappa shape index (κ3) is 2.85. The van der Waals surface area contributed by atoms with Crippen LogP contribution in [-0.2, 0) is 6.18 Å². The van der Waals surface area contributed by atoms with Gasteiger partial charge in [0, 0.05) is 6.20 Å². The minimum atomic E-state index is -4.34. The lowest BCUT2D eigenvalue weighted by molar-refractivity contribution is -0.141. The molecule has 6 heteroatoms. The first kappa shape index (κ1) is 13.4. The smallest absolute Gasteiger partial charge is 0.316 e. The fraction of sp³-hybridized carbons (Fsp3) is 0.750. The van der Waals surface area contributed by atoms with Crippen LogP contribution in [0.1, 0.15) is 37.9 Å². The van der Waals surface area contributed by atoms with Gasteiger partial charge < -0.3 is 5.32 Å². The third-order valence-electron chi connectivity index (χ3n) is 3.45. The second-order valence-corrected chi connectivity index (χ2v) is 4.79. The molecule has 0 amide bonds. The van der Waals surface area contributed by atoms with Gasteiger partial charge in [0.25, 0.3) is 0 Å². The molecule has 18 heavy (non-hydrogen) atoms. The lowest BCUT2D eigenvalue weighted by atomic mass is 9.79. The molecule has 0 radical (unpaired) electrons. The molecular weight excluding hydrogens is 243 g/mol. The standard InChI is InChI=1S/C12H18F3N3/c1-2-6-16-8-9-3-4-10(9)18-7-5-11(17-18)12(13,14)15/h5,7,9-10,16H,2-4,6,8H2,1H3. The molecule has 0 bridgehead atoms. The molecule has 1 aliphatic carbocycles. The highest BCUT2D eigenvalue weighted by Crippen LogP contribution is 2.38. The number of halogens is 3. The summed E-state index contributed by atoms with van der Waals surface area (Å²) in [4.78, 5) is 0. The number of nitrogens with zero attached hydrogens (tertiary/aromatic N) is 2. The van der Waals surface area contributed by atoms with E-state index in [-0.39, 0.29) is 6.04 Å². The van der Waals surface area contributed by atoms with Crippen molar-refractivity contribution < 1.29 is 13.2 Å². The van der Waals surface area contributed by atoms with Gasteiger partial charge in [-0.2, -0.15) is 18.3 Å². The van der Waals surface area contributed by atoms with E-state index in [9.17, 15) is 13.2 Å². The van der Waals surface area contributed by atoms with Crippen molar-refractivity contribution in [2.45, 2.75) is 38.4 Å². The van der Waals surface area contributed by atoms with E-state index >= 15 is 0 Å². The normalized spacial score (nSPS) is 24.0. The molecule has 1 aliphatic rings. The summed E-state index contributed by atoms with van der Waals surface area (Å²) in [5.41, 5.74) is -0.797. The molecule has 1 N–H and O–H groups in total. The summed E-state index contributed by atoms with van der Waals surface area (Å²) in [7, 11) is 0. The highest BCUT2D eigenvalue weighted by atomic mass is 19.4. The zero-order valence-corrected chi connectivity index (χ0v) is 10.4. The second kappa shape index (κ2) is 5.30. The summed E-state index contributed by atoms with van der Waals surface area (Å²) in [5.74, 6) is 0.400. The van der Waals surface area contributed by atoms with Crippen LogP contribution in [0.5, 0.6) is 0 Å². The van der Waals surface area contributed by atoms with E-state index in [4.69, 9.17) is 0 Å². The number of hydrogen-bond acceptors (Lipinski definition) is 2. The van der Waals surface area contributed by atoms with Crippen LogP contribution in [-0.4, -0.2) is 22.9 Å². The van der Waals surface area contributed by atoms with E-state index in [0.29, 0.717) is 5.92 Å². The molecule has 1 saturated carbocycles. The van der Waals surface area contributed by atoms with Gasteiger partial charge in [-0.1, -0.05) is 6.92 Å². The van der Waals surface area contributed by atoms with Crippen LogP contribution in [0.4, 0.5) is 13.2 Å². The first-order valence-corrected chi connectivity index (χ1v) is 6.35. The summed E-state index contributed by atoms with van der Waals surface area (Å²) < 4.78 is 38.8. The molecule has 1 heterocycles. The Labute approximate surface area is 104 Å². The minimum absolute atomic E-state index is 0.116. The summed E-state index contributed by atoms with van der Waals surface area (Å²) in [6.45, 7) is 3.91. The van der Waals surface area contributed by atoms with Crippen molar-refractivity contribution in [2.24, 2.45) is 5.92 Å². The molecule has 1 fully saturated rings. The van der Waals surface area contributed by atoms with E-state index in [1.54, 1.807) is 0 Å². The molecule has 2 rings (SSSR count). The molecule has 1 aromatic heterocycles. The Kier molecular flexibility index (Phi) is 3.94. The molecular formula is C12H18F3N3. The van der Waals surface area contributed by atoms with Crippen molar-refractivity contribution in [3.63, 3.8) is 0 Å². The van der Waals surface area contributed by atoms with Gasteiger partial charge in [0.05, 0.1) is 6.04 Å². The topological polar surface area (TPSA) is 29.9 Å². The zero-order chi connectivity index (χ0) is 13.2. The molecule has 2 unspecified atom stereocenters. The van der Waals surface area contributed by atoms with E-state index in [1.807, 2.05) is 0 Å². The largest absolute Gasteiger partial charge is 0.435 e.